The SMILES string of the molecule is CC(NC(=O)CN1CCN(C(=O)c2ccccc2Cl)CC1)c1ccccc1. The van der Waals surface area contributed by atoms with Gasteiger partial charge in [-0.05, 0) is 24.6 Å². The molecule has 1 fully saturated rings. The van der Waals surface area contributed by atoms with E-state index < -0.39 is 0 Å². The highest BCUT2D eigenvalue weighted by atomic mass is 35.5. The Kier molecular flexibility index (Phi) is 6.48. The van der Waals surface area contributed by atoms with E-state index in [0.717, 1.165) is 5.56 Å². The van der Waals surface area contributed by atoms with Gasteiger partial charge in [-0.1, -0.05) is 54.1 Å². The first-order valence-electron chi connectivity index (χ1n) is 9.15. The lowest BCUT2D eigenvalue weighted by Crippen LogP contribution is -2.51. The van der Waals surface area contributed by atoms with Crippen LogP contribution in [-0.4, -0.2) is 54.3 Å². The molecule has 0 bridgehead atoms. The van der Waals surface area contributed by atoms with Crippen molar-refractivity contribution in [2.45, 2.75) is 13.0 Å². The van der Waals surface area contributed by atoms with E-state index in [2.05, 4.69) is 10.2 Å². The van der Waals surface area contributed by atoms with Gasteiger partial charge in [-0.2, -0.15) is 0 Å². The molecule has 1 atom stereocenters. The minimum Gasteiger partial charge on any atom is -0.348 e. The van der Waals surface area contributed by atoms with Crippen molar-refractivity contribution in [3.63, 3.8) is 0 Å². The summed E-state index contributed by atoms with van der Waals surface area (Å²) < 4.78 is 0. The van der Waals surface area contributed by atoms with Gasteiger partial charge >= 0.3 is 0 Å². The number of hydrogen-bond acceptors (Lipinski definition) is 3. The maximum absolute atomic E-state index is 12.6. The summed E-state index contributed by atoms with van der Waals surface area (Å²) >= 11 is 6.12. The lowest BCUT2D eigenvalue weighted by Gasteiger charge is -2.34. The number of rotatable bonds is 5. The summed E-state index contributed by atoms with van der Waals surface area (Å²) in [5, 5.41) is 3.50. The standard InChI is InChI=1S/C21H24ClN3O2/c1-16(17-7-3-2-4-8-17)23-20(26)15-24-11-13-25(14-12-24)21(27)18-9-5-6-10-19(18)22/h2-10,16H,11-15H2,1H3,(H,23,26). The summed E-state index contributed by atoms with van der Waals surface area (Å²) in [7, 11) is 0. The molecule has 1 heterocycles. The summed E-state index contributed by atoms with van der Waals surface area (Å²) in [6, 6.07) is 17.0. The second kappa shape index (κ2) is 9.02. The van der Waals surface area contributed by atoms with Gasteiger partial charge in [0.15, 0.2) is 0 Å². The Morgan fingerprint density at radius 1 is 1.00 bits per heavy atom. The van der Waals surface area contributed by atoms with Crippen LogP contribution in [0, 0.1) is 0 Å². The summed E-state index contributed by atoms with van der Waals surface area (Å²) in [5.41, 5.74) is 1.61. The average Bonchev–Trinajstić information content (AvgIpc) is 2.69. The monoisotopic (exact) mass is 385 g/mol. The molecule has 1 unspecified atom stereocenters. The topological polar surface area (TPSA) is 52.7 Å². The Hall–Kier alpha value is -2.37. The van der Waals surface area contributed by atoms with Gasteiger partial charge in [0.05, 0.1) is 23.2 Å². The lowest BCUT2D eigenvalue weighted by molar-refractivity contribution is -0.123. The number of nitrogens with zero attached hydrogens (tertiary/aromatic N) is 2. The Bertz CT molecular complexity index is 789. The Morgan fingerprint density at radius 3 is 2.30 bits per heavy atom. The van der Waals surface area contributed by atoms with Crippen molar-refractivity contribution in [1.82, 2.24) is 15.1 Å². The summed E-state index contributed by atoms with van der Waals surface area (Å²) in [6.45, 7) is 4.84. The van der Waals surface area contributed by atoms with Crippen molar-refractivity contribution >= 4 is 23.4 Å². The highest BCUT2D eigenvalue weighted by molar-refractivity contribution is 6.33. The predicted molar refractivity (Wildman–Crippen MR) is 107 cm³/mol. The van der Waals surface area contributed by atoms with E-state index in [-0.39, 0.29) is 17.9 Å². The summed E-state index contributed by atoms with van der Waals surface area (Å²) in [6.07, 6.45) is 0. The zero-order valence-electron chi connectivity index (χ0n) is 15.4. The fraction of sp³-hybridized carbons (Fsp3) is 0.333. The zero-order valence-corrected chi connectivity index (χ0v) is 16.2. The molecule has 6 heteroatoms. The molecule has 0 radical (unpaired) electrons. The van der Waals surface area contributed by atoms with Gasteiger partial charge in [0, 0.05) is 26.2 Å². The normalized spacial score (nSPS) is 16.0. The molecule has 2 aromatic rings. The van der Waals surface area contributed by atoms with E-state index in [4.69, 9.17) is 11.6 Å². The molecule has 0 spiro atoms. The van der Waals surface area contributed by atoms with Crippen LogP contribution in [0.3, 0.4) is 0 Å². The van der Waals surface area contributed by atoms with Crippen molar-refractivity contribution in [1.29, 1.82) is 0 Å². The van der Waals surface area contributed by atoms with Crippen molar-refractivity contribution in [3.8, 4) is 0 Å². The molecule has 1 aliphatic rings. The molecular formula is C21H24ClN3O2. The third-order valence-electron chi connectivity index (χ3n) is 4.81. The van der Waals surface area contributed by atoms with Crippen LogP contribution in [0.5, 0.6) is 0 Å². The minimum atomic E-state index is -0.0533. The minimum absolute atomic E-state index is 0.00256. The third-order valence-corrected chi connectivity index (χ3v) is 5.14. The maximum Gasteiger partial charge on any atom is 0.255 e. The summed E-state index contributed by atoms with van der Waals surface area (Å²) in [4.78, 5) is 28.8. The fourth-order valence-electron chi connectivity index (χ4n) is 3.23. The van der Waals surface area contributed by atoms with E-state index in [1.807, 2.05) is 49.4 Å². The Labute approximate surface area is 164 Å². The molecule has 27 heavy (non-hydrogen) atoms. The Balaban J connectivity index is 1.47. The van der Waals surface area contributed by atoms with Gasteiger partial charge in [0.25, 0.3) is 5.91 Å². The van der Waals surface area contributed by atoms with Crippen molar-refractivity contribution in [3.05, 3.63) is 70.7 Å². The highest BCUT2D eigenvalue weighted by Crippen LogP contribution is 2.18. The maximum atomic E-state index is 12.6. The fourth-order valence-corrected chi connectivity index (χ4v) is 3.45. The van der Waals surface area contributed by atoms with Crippen LogP contribution < -0.4 is 5.32 Å². The van der Waals surface area contributed by atoms with Gasteiger partial charge in [-0.15, -0.1) is 0 Å². The second-order valence-corrected chi connectivity index (χ2v) is 7.16. The van der Waals surface area contributed by atoms with Gasteiger partial charge in [0.1, 0.15) is 0 Å². The molecule has 5 nitrogen and oxygen atoms in total. The van der Waals surface area contributed by atoms with E-state index >= 15 is 0 Å². The van der Waals surface area contributed by atoms with Gasteiger partial charge in [0.2, 0.25) is 5.91 Å². The van der Waals surface area contributed by atoms with Crippen LogP contribution in [0.2, 0.25) is 5.02 Å². The highest BCUT2D eigenvalue weighted by Gasteiger charge is 2.24. The number of nitrogens with one attached hydrogen (secondary N) is 1. The van der Waals surface area contributed by atoms with Crippen LogP contribution >= 0.6 is 11.6 Å². The average molecular weight is 386 g/mol. The molecule has 2 amide bonds. The van der Waals surface area contributed by atoms with Crippen molar-refractivity contribution in [2.24, 2.45) is 0 Å². The van der Waals surface area contributed by atoms with Crippen molar-refractivity contribution < 1.29 is 9.59 Å². The number of hydrogen-bond donors (Lipinski definition) is 1. The first-order chi connectivity index (χ1) is 13.0. The Morgan fingerprint density at radius 2 is 1.63 bits per heavy atom. The first kappa shape index (κ1) is 19.4. The predicted octanol–water partition coefficient (Wildman–Crippen LogP) is 2.98. The zero-order chi connectivity index (χ0) is 19.2. The molecule has 0 aromatic heterocycles. The molecule has 1 N–H and O–H groups in total. The van der Waals surface area contributed by atoms with Crippen LogP contribution in [0.25, 0.3) is 0 Å². The number of benzene rings is 2. The second-order valence-electron chi connectivity index (χ2n) is 6.75. The number of amides is 2. The molecule has 0 aliphatic carbocycles. The molecule has 142 valence electrons. The molecule has 2 aromatic carbocycles. The van der Waals surface area contributed by atoms with E-state index in [0.29, 0.717) is 43.3 Å². The van der Waals surface area contributed by atoms with Crippen molar-refractivity contribution in [2.75, 3.05) is 32.7 Å². The first-order valence-corrected chi connectivity index (χ1v) is 9.53. The van der Waals surface area contributed by atoms with Gasteiger partial charge in [-0.25, -0.2) is 0 Å². The third kappa shape index (κ3) is 5.08. The van der Waals surface area contributed by atoms with Crippen LogP contribution in [0.1, 0.15) is 28.9 Å². The molecule has 3 rings (SSSR count). The van der Waals surface area contributed by atoms with Crippen LogP contribution in [0.4, 0.5) is 0 Å². The molecular weight excluding hydrogens is 362 g/mol. The number of carbonyl (C=O) groups is 2. The summed E-state index contributed by atoms with van der Waals surface area (Å²) in [5.74, 6) is -0.0559. The molecule has 0 saturated carbocycles. The van der Waals surface area contributed by atoms with Crippen LogP contribution in [0.15, 0.2) is 54.6 Å². The van der Waals surface area contributed by atoms with Gasteiger partial charge in [-0.3, -0.25) is 14.5 Å². The quantitative estimate of drug-likeness (QED) is 0.860. The number of halogens is 1. The molecule has 1 saturated heterocycles. The lowest BCUT2D eigenvalue weighted by atomic mass is 10.1. The van der Waals surface area contributed by atoms with E-state index in [9.17, 15) is 9.59 Å². The molecule has 1 aliphatic heterocycles. The van der Waals surface area contributed by atoms with Crippen LogP contribution in [-0.2, 0) is 4.79 Å². The van der Waals surface area contributed by atoms with Gasteiger partial charge < -0.3 is 10.2 Å². The largest absolute Gasteiger partial charge is 0.348 e. The van der Waals surface area contributed by atoms with E-state index in [1.54, 1.807) is 17.0 Å². The number of piperazine rings is 1. The van der Waals surface area contributed by atoms with E-state index in [1.165, 1.54) is 0 Å². The smallest absolute Gasteiger partial charge is 0.255 e. The number of carbonyl (C=O) groups excluding carboxylic acids is 2.